The maximum absolute atomic E-state index is 13.4. The number of methoxy groups -OCH3 is 2. The zero-order valence-corrected chi connectivity index (χ0v) is 21.0. The van der Waals surface area contributed by atoms with Crippen molar-refractivity contribution in [3.8, 4) is 11.5 Å². The van der Waals surface area contributed by atoms with Crippen LogP contribution in [0.1, 0.15) is 41.8 Å². The quantitative estimate of drug-likeness (QED) is 0.611. The molecule has 1 aliphatic heterocycles. The van der Waals surface area contributed by atoms with Gasteiger partial charge in [-0.1, -0.05) is 38.1 Å². The van der Waals surface area contributed by atoms with Crippen LogP contribution in [-0.2, 0) is 11.3 Å². The van der Waals surface area contributed by atoms with E-state index in [4.69, 9.17) is 9.47 Å². The minimum Gasteiger partial charge on any atom is -0.493 e. The van der Waals surface area contributed by atoms with Crippen molar-refractivity contribution >= 4 is 11.8 Å². The summed E-state index contributed by atoms with van der Waals surface area (Å²) in [6.45, 7) is 9.67. The number of carbonyl (C=O) groups is 2. The minimum absolute atomic E-state index is 0.00130. The summed E-state index contributed by atoms with van der Waals surface area (Å²) in [6.07, 6.45) is 0.613. The normalized spacial score (nSPS) is 15.2. The number of hydrogen-bond acceptors (Lipinski definition) is 5. The van der Waals surface area contributed by atoms with E-state index in [1.165, 1.54) is 0 Å². The summed E-state index contributed by atoms with van der Waals surface area (Å²) in [4.78, 5) is 30.5. The first kappa shape index (κ1) is 25.6. The Morgan fingerprint density at radius 3 is 2.26 bits per heavy atom. The van der Waals surface area contributed by atoms with E-state index in [2.05, 4.69) is 24.1 Å². The van der Waals surface area contributed by atoms with Crippen LogP contribution in [0.2, 0.25) is 0 Å². The topological polar surface area (TPSA) is 71.1 Å². The molecule has 2 amide bonds. The Morgan fingerprint density at radius 2 is 1.65 bits per heavy atom. The molecular formula is C27H37N3O4. The zero-order chi connectivity index (χ0) is 24.7. The van der Waals surface area contributed by atoms with Crippen LogP contribution in [0.25, 0.3) is 0 Å². The van der Waals surface area contributed by atoms with Crippen LogP contribution in [0.4, 0.5) is 0 Å². The lowest BCUT2D eigenvalue weighted by molar-refractivity contribution is -0.135. The third kappa shape index (κ3) is 6.50. The number of amides is 2. The van der Waals surface area contributed by atoms with Crippen molar-refractivity contribution in [2.24, 2.45) is 5.92 Å². The smallest absolute Gasteiger partial charge is 0.252 e. The monoisotopic (exact) mass is 467 g/mol. The number of ether oxygens (including phenoxy) is 2. The first-order valence-corrected chi connectivity index (χ1v) is 11.9. The van der Waals surface area contributed by atoms with Gasteiger partial charge in [-0.05, 0) is 48.6 Å². The van der Waals surface area contributed by atoms with Gasteiger partial charge in [0, 0.05) is 38.3 Å². The molecule has 1 unspecified atom stereocenters. The van der Waals surface area contributed by atoms with E-state index in [9.17, 15) is 9.59 Å². The number of rotatable bonds is 9. The summed E-state index contributed by atoms with van der Waals surface area (Å²) in [7, 11) is 3.27. The fourth-order valence-corrected chi connectivity index (χ4v) is 4.34. The molecule has 7 heteroatoms. The Labute approximate surface area is 203 Å². The number of piperazine rings is 1. The number of carbonyl (C=O) groups excluding carboxylic acids is 2. The average molecular weight is 468 g/mol. The highest BCUT2D eigenvalue weighted by Gasteiger charge is 2.29. The van der Waals surface area contributed by atoms with Gasteiger partial charge in [0.2, 0.25) is 5.91 Å². The number of nitrogens with zero attached hydrogens (tertiary/aromatic N) is 2. The van der Waals surface area contributed by atoms with Gasteiger partial charge < -0.3 is 19.7 Å². The van der Waals surface area contributed by atoms with Crippen LogP contribution in [0, 0.1) is 12.8 Å². The molecule has 0 saturated carbocycles. The zero-order valence-electron chi connectivity index (χ0n) is 21.0. The molecule has 0 spiro atoms. The summed E-state index contributed by atoms with van der Waals surface area (Å²) in [5, 5.41) is 3.01. The van der Waals surface area contributed by atoms with E-state index in [1.807, 2.05) is 48.2 Å². The van der Waals surface area contributed by atoms with Crippen LogP contribution in [-0.4, -0.2) is 68.1 Å². The van der Waals surface area contributed by atoms with Crippen LogP contribution >= 0.6 is 0 Å². The molecule has 3 rings (SSSR count). The number of hydrogen-bond donors (Lipinski definition) is 1. The third-order valence-electron chi connectivity index (χ3n) is 6.24. The van der Waals surface area contributed by atoms with Gasteiger partial charge in [-0.2, -0.15) is 0 Å². The van der Waals surface area contributed by atoms with E-state index < -0.39 is 6.04 Å². The molecule has 1 heterocycles. The number of aryl methyl sites for hydroxylation is 1. The van der Waals surface area contributed by atoms with Crippen LogP contribution in [0.15, 0.2) is 42.5 Å². The van der Waals surface area contributed by atoms with Crippen LogP contribution < -0.4 is 14.8 Å². The summed E-state index contributed by atoms with van der Waals surface area (Å²) < 4.78 is 10.7. The molecule has 1 atom stereocenters. The molecule has 0 aromatic heterocycles. The van der Waals surface area contributed by atoms with E-state index in [0.717, 1.165) is 36.5 Å². The van der Waals surface area contributed by atoms with E-state index in [1.54, 1.807) is 20.3 Å². The predicted octanol–water partition coefficient (Wildman–Crippen LogP) is 3.50. The molecule has 2 aromatic carbocycles. The third-order valence-corrected chi connectivity index (χ3v) is 6.24. The lowest BCUT2D eigenvalue weighted by Crippen LogP contribution is -2.55. The van der Waals surface area contributed by atoms with Gasteiger partial charge in [0.05, 0.1) is 14.2 Å². The first-order chi connectivity index (χ1) is 16.3. The fraction of sp³-hybridized carbons (Fsp3) is 0.481. The number of benzene rings is 2. The largest absolute Gasteiger partial charge is 0.493 e. The van der Waals surface area contributed by atoms with Gasteiger partial charge in [0.1, 0.15) is 6.04 Å². The molecular weight excluding hydrogens is 430 g/mol. The first-order valence-electron chi connectivity index (χ1n) is 11.9. The summed E-state index contributed by atoms with van der Waals surface area (Å²) >= 11 is 0. The van der Waals surface area contributed by atoms with Crippen molar-refractivity contribution < 1.29 is 19.1 Å². The second kappa shape index (κ2) is 11.9. The highest BCUT2D eigenvalue weighted by atomic mass is 16.5. The molecule has 0 aliphatic carbocycles. The van der Waals surface area contributed by atoms with Gasteiger partial charge in [-0.25, -0.2) is 0 Å². The summed E-state index contributed by atoms with van der Waals surface area (Å²) in [5.41, 5.74) is 2.66. The molecule has 1 aliphatic rings. The lowest BCUT2D eigenvalue weighted by atomic mass is 10.0. The highest BCUT2D eigenvalue weighted by molar-refractivity contribution is 5.98. The average Bonchev–Trinajstić information content (AvgIpc) is 2.83. The molecule has 2 aromatic rings. The fourth-order valence-electron chi connectivity index (χ4n) is 4.34. The van der Waals surface area contributed by atoms with Gasteiger partial charge in [-0.3, -0.25) is 14.5 Å². The maximum Gasteiger partial charge on any atom is 0.252 e. The molecule has 1 saturated heterocycles. The standard InChI is InChI=1S/C27H37N3O4/c1-19(2)16-23(28-26(31)22-9-7-6-8-20(22)3)27(32)30-14-12-29(13-15-30)18-21-10-11-24(33-4)25(17-21)34-5/h6-11,17,19,23H,12-16,18H2,1-5H3,(H,28,31). The van der Waals surface area contributed by atoms with Gasteiger partial charge >= 0.3 is 0 Å². The van der Waals surface area contributed by atoms with Crippen molar-refractivity contribution in [3.63, 3.8) is 0 Å². The summed E-state index contributed by atoms with van der Waals surface area (Å²) in [6, 6.07) is 12.9. The second-order valence-electron chi connectivity index (χ2n) is 9.26. The molecule has 184 valence electrons. The SMILES string of the molecule is COc1ccc(CN2CCN(C(=O)C(CC(C)C)NC(=O)c3ccccc3C)CC2)cc1OC. The van der Waals surface area contributed by atoms with Gasteiger partial charge in [0.25, 0.3) is 5.91 Å². The van der Waals surface area contributed by atoms with Crippen molar-refractivity contribution in [3.05, 3.63) is 59.2 Å². The van der Waals surface area contributed by atoms with E-state index >= 15 is 0 Å². The molecule has 0 bridgehead atoms. The molecule has 1 fully saturated rings. The maximum atomic E-state index is 13.4. The van der Waals surface area contributed by atoms with Crippen molar-refractivity contribution in [1.82, 2.24) is 15.1 Å². The molecule has 0 radical (unpaired) electrons. The Balaban J connectivity index is 1.60. The van der Waals surface area contributed by atoms with Crippen LogP contribution in [0.5, 0.6) is 11.5 Å². The Morgan fingerprint density at radius 1 is 0.971 bits per heavy atom. The Hall–Kier alpha value is -3.06. The van der Waals surface area contributed by atoms with Crippen molar-refractivity contribution in [1.29, 1.82) is 0 Å². The van der Waals surface area contributed by atoms with Gasteiger partial charge in [-0.15, -0.1) is 0 Å². The Kier molecular flexibility index (Phi) is 8.93. The van der Waals surface area contributed by atoms with E-state index in [0.29, 0.717) is 30.8 Å². The van der Waals surface area contributed by atoms with E-state index in [-0.39, 0.29) is 17.7 Å². The van der Waals surface area contributed by atoms with Crippen molar-refractivity contribution in [2.45, 2.75) is 39.8 Å². The highest BCUT2D eigenvalue weighted by Crippen LogP contribution is 2.28. The van der Waals surface area contributed by atoms with Crippen LogP contribution in [0.3, 0.4) is 0 Å². The number of nitrogens with one attached hydrogen (secondary N) is 1. The molecule has 7 nitrogen and oxygen atoms in total. The Bertz CT molecular complexity index is 984. The lowest BCUT2D eigenvalue weighted by Gasteiger charge is -2.37. The molecule has 1 N–H and O–H groups in total. The summed E-state index contributed by atoms with van der Waals surface area (Å²) in [5.74, 6) is 1.53. The molecule has 34 heavy (non-hydrogen) atoms. The minimum atomic E-state index is -0.524. The predicted molar refractivity (Wildman–Crippen MR) is 133 cm³/mol. The van der Waals surface area contributed by atoms with Gasteiger partial charge in [0.15, 0.2) is 11.5 Å². The van der Waals surface area contributed by atoms with Crippen molar-refractivity contribution in [2.75, 3.05) is 40.4 Å². The second-order valence-corrected chi connectivity index (χ2v) is 9.26.